The predicted octanol–water partition coefficient (Wildman–Crippen LogP) is 4.15. The van der Waals surface area contributed by atoms with Gasteiger partial charge in [-0.25, -0.2) is 0 Å². The van der Waals surface area contributed by atoms with Crippen molar-refractivity contribution in [3.8, 4) is 0 Å². The number of furan rings is 1. The highest BCUT2D eigenvalue weighted by Gasteiger charge is 2.53. The first-order valence-electron chi connectivity index (χ1n) is 12.1. The van der Waals surface area contributed by atoms with Gasteiger partial charge in [0.2, 0.25) is 5.91 Å². The summed E-state index contributed by atoms with van der Waals surface area (Å²) in [5, 5.41) is 17.7. The highest BCUT2D eigenvalue weighted by Crippen LogP contribution is 2.55. The first-order chi connectivity index (χ1) is 15.8. The molecule has 6 heteroatoms. The summed E-state index contributed by atoms with van der Waals surface area (Å²) in [7, 11) is 0. The van der Waals surface area contributed by atoms with Crippen LogP contribution in [0.15, 0.2) is 53.1 Å². The van der Waals surface area contributed by atoms with E-state index in [0.29, 0.717) is 17.9 Å². The standard InChI is InChI=1S/C27H36N2O4/c1-17(25(31)28-16-20-10-7-15-33-20)21-11-13-27(3)14-12-22(18(2)23(27)24(21)30)29-26(32)19-8-5-4-6-9-19/h4-10,15,17-18,21-24,30H,11-14,16H2,1-3H3,(H,28,31)(H,29,32)/t17-,18+,21+,22-,23+,24-,27-/m0/s1. The van der Waals surface area contributed by atoms with Crippen LogP contribution in [0.25, 0.3) is 0 Å². The molecule has 2 aromatic rings. The normalized spacial score (nSPS) is 32.4. The van der Waals surface area contributed by atoms with E-state index >= 15 is 0 Å². The van der Waals surface area contributed by atoms with Crippen molar-refractivity contribution in [1.82, 2.24) is 10.6 Å². The van der Waals surface area contributed by atoms with Gasteiger partial charge >= 0.3 is 0 Å². The van der Waals surface area contributed by atoms with Crippen molar-refractivity contribution < 1.29 is 19.1 Å². The minimum atomic E-state index is -0.584. The molecular weight excluding hydrogens is 416 g/mol. The number of aliphatic hydroxyl groups excluding tert-OH is 1. The van der Waals surface area contributed by atoms with Gasteiger partial charge in [0.25, 0.3) is 5.91 Å². The Kier molecular flexibility index (Phi) is 6.94. The van der Waals surface area contributed by atoms with Gasteiger partial charge < -0.3 is 20.2 Å². The number of fused-ring (bicyclic) bond motifs is 1. The van der Waals surface area contributed by atoms with Gasteiger partial charge in [-0.15, -0.1) is 0 Å². The summed E-state index contributed by atoms with van der Waals surface area (Å²) in [5.74, 6) is 0.334. The van der Waals surface area contributed by atoms with Crippen LogP contribution in [-0.2, 0) is 11.3 Å². The summed E-state index contributed by atoms with van der Waals surface area (Å²) in [4.78, 5) is 25.6. The van der Waals surface area contributed by atoms with E-state index in [-0.39, 0.29) is 46.9 Å². The summed E-state index contributed by atoms with van der Waals surface area (Å²) >= 11 is 0. The molecule has 0 radical (unpaired) electrons. The summed E-state index contributed by atoms with van der Waals surface area (Å²) < 4.78 is 5.31. The van der Waals surface area contributed by atoms with Gasteiger partial charge in [0.05, 0.1) is 18.9 Å². The SMILES string of the molecule is C[C@H]1[C@@H]2[C@@H](O)[C@@H]([C@H](C)C(=O)NCc3ccco3)CC[C@@]2(C)CC[C@@H]1NC(=O)c1ccccc1. The van der Waals surface area contributed by atoms with Crippen LogP contribution >= 0.6 is 0 Å². The first kappa shape index (κ1) is 23.6. The molecule has 178 valence electrons. The van der Waals surface area contributed by atoms with Gasteiger partial charge in [-0.05, 0) is 73.1 Å². The average molecular weight is 453 g/mol. The van der Waals surface area contributed by atoms with Crippen LogP contribution in [0.1, 0.15) is 62.6 Å². The minimum absolute atomic E-state index is 0.00673. The Morgan fingerprint density at radius 1 is 1.15 bits per heavy atom. The average Bonchev–Trinajstić information content (AvgIpc) is 3.33. The number of aliphatic hydroxyl groups is 1. The summed E-state index contributed by atoms with van der Waals surface area (Å²) in [6.07, 6.45) is 4.69. The molecule has 1 aromatic carbocycles. The number of hydrogen-bond donors (Lipinski definition) is 3. The third-order valence-corrected chi connectivity index (χ3v) is 8.31. The maximum Gasteiger partial charge on any atom is 0.251 e. The smallest absolute Gasteiger partial charge is 0.251 e. The fourth-order valence-corrected chi connectivity index (χ4v) is 6.28. The molecule has 2 saturated carbocycles. The number of carbonyl (C=O) groups excluding carboxylic acids is 2. The quantitative estimate of drug-likeness (QED) is 0.614. The molecule has 1 heterocycles. The van der Waals surface area contributed by atoms with Gasteiger partial charge in [-0.1, -0.05) is 39.0 Å². The lowest BCUT2D eigenvalue weighted by Crippen LogP contribution is -2.58. The third kappa shape index (κ3) is 4.86. The van der Waals surface area contributed by atoms with E-state index in [1.807, 2.05) is 43.3 Å². The Labute approximate surface area is 196 Å². The van der Waals surface area contributed by atoms with Crippen molar-refractivity contribution in [1.29, 1.82) is 0 Å². The number of nitrogens with one attached hydrogen (secondary N) is 2. The molecular formula is C27H36N2O4. The van der Waals surface area contributed by atoms with E-state index in [2.05, 4.69) is 24.5 Å². The van der Waals surface area contributed by atoms with Crippen LogP contribution < -0.4 is 10.6 Å². The van der Waals surface area contributed by atoms with Crippen molar-refractivity contribution in [2.45, 2.75) is 65.1 Å². The Hall–Kier alpha value is -2.60. The topological polar surface area (TPSA) is 91.6 Å². The van der Waals surface area contributed by atoms with Crippen LogP contribution in [-0.4, -0.2) is 29.1 Å². The zero-order chi connectivity index (χ0) is 23.6. The molecule has 4 rings (SSSR count). The molecule has 0 spiro atoms. The van der Waals surface area contributed by atoms with Crippen LogP contribution in [0.5, 0.6) is 0 Å². The highest BCUT2D eigenvalue weighted by molar-refractivity contribution is 5.94. The number of benzene rings is 1. The molecule has 2 aliphatic carbocycles. The summed E-state index contributed by atoms with van der Waals surface area (Å²) in [6, 6.07) is 12.9. The van der Waals surface area contributed by atoms with Crippen molar-refractivity contribution in [3.63, 3.8) is 0 Å². The molecule has 0 unspecified atom stereocenters. The van der Waals surface area contributed by atoms with E-state index in [4.69, 9.17) is 4.42 Å². The maximum atomic E-state index is 12.9. The maximum absolute atomic E-state index is 12.9. The number of carbonyl (C=O) groups is 2. The lowest BCUT2D eigenvalue weighted by molar-refractivity contribution is -0.142. The van der Waals surface area contributed by atoms with E-state index in [9.17, 15) is 14.7 Å². The zero-order valence-electron chi connectivity index (χ0n) is 19.8. The fourth-order valence-electron chi connectivity index (χ4n) is 6.28. The molecule has 7 atom stereocenters. The van der Waals surface area contributed by atoms with E-state index in [1.165, 1.54) is 0 Å². The molecule has 2 aliphatic rings. The van der Waals surface area contributed by atoms with Gasteiger partial charge in [0, 0.05) is 17.5 Å². The second-order valence-corrected chi connectivity index (χ2v) is 10.3. The zero-order valence-corrected chi connectivity index (χ0v) is 19.8. The van der Waals surface area contributed by atoms with Crippen molar-refractivity contribution in [3.05, 3.63) is 60.1 Å². The van der Waals surface area contributed by atoms with Crippen LogP contribution in [0.3, 0.4) is 0 Å². The molecule has 1 aromatic heterocycles. The van der Waals surface area contributed by atoms with Crippen LogP contribution in [0.4, 0.5) is 0 Å². The van der Waals surface area contributed by atoms with Crippen molar-refractivity contribution >= 4 is 11.8 Å². The fraction of sp³-hybridized carbons (Fsp3) is 0.556. The number of amides is 2. The molecule has 33 heavy (non-hydrogen) atoms. The molecule has 2 fully saturated rings. The molecule has 0 saturated heterocycles. The highest BCUT2D eigenvalue weighted by atomic mass is 16.3. The number of rotatable bonds is 6. The van der Waals surface area contributed by atoms with Gasteiger partial charge in [-0.2, -0.15) is 0 Å². The first-order valence-corrected chi connectivity index (χ1v) is 12.1. The number of hydrogen-bond acceptors (Lipinski definition) is 4. The second-order valence-electron chi connectivity index (χ2n) is 10.3. The van der Waals surface area contributed by atoms with E-state index < -0.39 is 6.10 Å². The van der Waals surface area contributed by atoms with Crippen molar-refractivity contribution in [2.24, 2.45) is 29.1 Å². The molecule has 0 bridgehead atoms. The van der Waals surface area contributed by atoms with Gasteiger partial charge in [0.15, 0.2) is 0 Å². The molecule has 3 N–H and O–H groups in total. The monoisotopic (exact) mass is 452 g/mol. The Bertz CT molecular complexity index is 944. The largest absolute Gasteiger partial charge is 0.467 e. The van der Waals surface area contributed by atoms with E-state index in [0.717, 1.165) is 25.7 Å². The van der Waals surface area contributed by atoms with E-state index in [1.54, 1.807) is 12.3 Å². The Morgan fingerprint density at radius 3 is 2.58 bits per heavy atom. The molecule has 6 nitrogen and oxygen atoms in total. The lowest BCUT2D eigenvalue weighted by atomic mass is 9.51. The summed E-state index contributed by atoms with van der Waals surface area (Å²) in [5.41, 5.74) is 0.676. The second kappa shape index (κ2) is 9.72. The van der Waals surface area contributed by atoms with Crippen LogP contribution in [0.2, 0.25) is 0 Å². The minimum Gasteiger partial charge on any atom is -0.467 e. The Balaban J connectivity index is 1.43. The molecule has 2 amide bonds. The lowest BCUT2D eigenvalue weighted by Gasteiger charge is -2.56. The molecule has 0 aliphatic heterocycles. The third-order valence-electron chi connectivity index (χ3n) is 8.31. The summed E-state index contributed by atoms with van der Waals surface area (Å²) in [6.45, 7) is 6.68. The van der Waals surface area contributed by atoms with Gasteiger partial charge in [-0.3, -0.25) is 9.59 Å². The Morgan fingerprint density at radius 2 is 1.88 bits per heavy atom. The predicted molar refractivity (Wildman–Crippen MR) is 126 cm³/mol. The van der Waals surface area contributed by atoms with Crippen LogP contribution in [0, 0.1) is 29.1 Å². The van der Waals surface area contributed by atoms with Crippen molar-refractivity contribution in [2.75, 3.05) is 0 Å². The van der Waals surface area contributed by atoms with Gasteiger partial charge in [0.1, 0.15) is 5.76 Å².